The summed E-state index contributed by atoms with van der Waals surface area (Å²) in [6.45, 7) is 0.845. The van der Waals surface area contributed by atoms with Crippen molar-refractivity contribution in [2.24, 2.45) is 0 Å². The lowest BCUT2D eigenvalue weighted by molar-refractivity contribution is 1.01. The molecule has 5 heteroatoms. The molecule has 0 unspecified atom stereocenters. The average molecular weight is 306 g/mol. The van der Waals surface area contributed by atoms with E-state index in [9.17, 15) is 0 Å². The third-order valence-corrected chi connectivity index (χ3v) is 4.69. The molecule has 1 N–H and O–H groups in total. The second-order valence-corrected chi connectivity index (χ2v) is 6.02. The first-order valence-electron chi connectivity index (χ1n) is 7.18. The molecule has 0 aliphatic carbocycles. The molecule has 0 bridgehead atoms. The van der Waals surface area contributed by atoms with Crippen LogP contribution in [-0.4, -0.2) is 21.5 Å². The molecule has 0 saturated heterocycles. The summed E-state index contributed by atoms with van der Waals surface area (Å²) in [5.74, 6) is 0.893. The average Bonchev–Trinajstić information content (AvgIpc) is 2.96. The lowest BCUT2D eigenvalue weighted by Gasteiger charge is -2.06. The monoisotopic (exact) mass is 306 g/mol. The summed E-state index contributed by atoms with van der Waals surface area (Å²) in [6.07, 6.45) is 4.40. The summed E-state index contributed by atoms with van der Waals surface area (Å²) in [7, 11) is 0. The number of thiophene rings is 1. The molecule has 0 amide bonds. The number of aromatic nitrogens is 3. The smallest absolute Gasteiger partial charge is 0.147 e. The topological polar surface area (TPSA) is 50.7 Å². The Hall–Kier alpha value is -2.53. The molecule has 0 atom stereocenters. The number of anilines is 1. The van der Waals surface area contributed by atoms with Gasteiger partial charge in [0.05, 0.1) is 10.2 Å². The van der Waals surface area contributed by atoms with Gasteiger partial charge in [0.2, 0.25) is 0 Å². The predicted molar refractivity (Wildman–Crippen MR) is 91.4 cm³/mol. The standard InChI is InChI=1S/C17H14N4S/c1-2-5-12(6-3-1)8-10-18-16-15-14(20-11-21-16)13-7-4-9-19-17(13)22-15/h1-7,9,11H,8,10H2,(H,18,20,21). The zero-order chi connectivity index (χ0) is 14.8. The summed E-state index contributed by atoms with van der Waals surface area (Å²) in [5.41, 5.74) is 2.30. The molecule has 4 rings (SSSR count). The quantitative estimate of drug-likeness (QED) is 0.621. The number of hydrogen-bond donors (Lipinski definition) is 1. The van der Waals surface area contributed by atoms with Crippen molar-refractivity contribution in [2.45, 2.75) is 6.42 Å². The van der Waals surface area contributed by atoms with E-state index in [1.807, 2.05) is 18.3 Å². The summed E-state index contributed by atoms with van der Waals surface area (Å²) >= 11 is 1.64. The number of rotatable bonds is 4. The second-order valence-electron chi connectivity index (χ2n) is 5.02. The second kappa shape index (κ2) is 5.69. The summed E-state index contributed by atoms with van der Waals surface area (Å²) in [5, 5.41) is 4.52. The van der Waals surface area contributed by atoms with Gasteiger partial charge in [0.1, 0.15) is 17.0 Å². The van der Waals surface area contributed by atoms with E-state index in [0.717, 1.165) is 39.2 Å². The van der Waals surface area contributed by atoms with Gasteiger partial charge in [-0.15, -0.1) is 11.3 Å². The predicted octanol–water partition coefficient (Wildman–Crippen LogP) is 3.89. The van der Waals surface area contributed by atoms with Crippen LogP contribution in [0.1, 0.15) is 5.56 Å². The zero-order valence-corrected chi connectivity index (χ0v) is 12.7. The van der Waals surface area contributed by atoms with E-state index in [2.05, 4.69) is 50.6 Å². The molecule has 4 nitrogen and oxygen atoms in total. The van der Waals surface area contributed by atoms with E-state index in [1.54, 1.807) is 17.7 Å². The van der Waals surface area contributed by atoms with Gasteiger partial charge in [-0.1, -0.05) is 30.3 Å². The molecular weight excluding hydrogens is 292 g/mol. The Labute approximate surface area is 131 Å². The summed E-state index contributed by atoms with van der Waals surface area (Å²) in [6, 6.07) is 14.4. The van der Waals surface area contributed by atoms with Crippen LogP contribution in [0.15, 0.2) is 55.0 Å². The third kappa shape index (κ3) is 2.40. The Morgan fingerprint density at radius 3 is 2.77 bits per heavy atom. The maximum absolute atomic E-state index is 4.42. The number of nitrogens with zero attached hydrogens (tertiary/aromatic N) is 3. The van der Waals surface area contributed by atoms with Crippen LogP contribution in [0.25, 0.3) is 20.4 Å². The molecule has 0 spiro atoms. The molecule has 108 valence electrons. The summed E-state index contributed by atoms with van der Waals surface area (Å²) < 4.78 is 1.07. The number of fused-ring (bicyclic) bond motifs is 3. The van der Waals surface area contributed by atoms with Gasteiger partial charge in [-0.2, -0.15) is 0 Å². The fourth-order valence-corrected chi connectivity index (χ4v) is 3.57. The lowest BCUT2D eigenvalue weighted by Crippen LogP contribution is -2.06. The maximum atomic E-state index is 4.42. The van der Waals surface area contributed by atoms with Crippen molar-refractivity contribution in [3.63, 3.8) is 0 Å². The fraction of sp³-hybridized carbons (Fsp3) is 0.118. The Bertz CT molecular complexity index is 918. The molecule has 0 saturated carbocycles. The van der Waals surface area contributed by atoms with E-state index in [4.69, 9.17) is 0 Å². The highest BCUT2D eigenvalue weighted by atomic mass is 32.1. The van der Waals surface area contributed by atoms with Gasteiger partial charge in [0.25, 0.3) is 0 Å². The molecule has 0 fully saturated rings. The van der Waals surface area contributed by atoms with Gasteiger partial charge in [-0.3, -0.25) is 0 Å². The first-order chi connectivity index (χ1) is 10.9. The van der Waals surface area contributed by atoms with Crippen LogP contribution >= 0.6 is 11.3 Å². The molecule has 0 radical (unpaired) electrons. The van der Waals surface area contributed by atoms with Crippen molar-refractivity contribution >= 4 is 37.6 Å². The highest BCUT2D eigenvalue weighted by Crippen LogP contribution is 2.34. The van der Waals surface area contributed by atoms with Gasteiger partial charge in [0, 0.05) is 18.1 Å². The maximum Gasteiger partial charge on any atom is 0.147 e. The van der Waals surface area contributed by atoms with Crippen molar-refractivity contribution < 1.29 is 0 Å². The van der Waals surface area contributed by atoms with Crippen molar-refractivity contribution in [3.8, 4) is 0 Å². The molecular formula is C17H14N4S. The third-order valence-electron chi connectivity index (χ3n) is 3.58. The highest BCUT2D eigenvalue weighted by molar-refractivity contribution is 7.25. The van der Waals surface area contributed by atoms with E-state index in [1.165, 1.54) is 5.56 Å². The van der Waals surface area contributed by atoms with Gasteiger partial charge < -0.3 is 5.32 Å². The van der Waals surface area contributed by atoms with Crippen LogP contribution in [0.3, 0.4) is 0 Å². The van der Waals surface area contributed by atoms with E-state index in [-0.39, 0.29) is 0 Å². The van der Waals surface area contributed by atoms with Gasteiger partial charge in [-0.05, 0) is 24.1 Å². The zero-order valence-electron chi connectivity index (χ0n) is 11.9. The minimum atomic E-state index is 0.845. The van der Waals surface area contributed by atoms with Gasteiger partial charge >= 0.3 is 0 Å². The minimum absolute atomic E-state index is 0.845. The Kier molecular flexibility index (Phi) is 3.40. The Morgan fingerprint density at radius 1 is 0.955 bits per heavy atom. The number of benzene rings is 1. The van der Waals surface area contributed by atoms with Crippen LogP contribution < -0.4 is 5.32 Å². The van der Waals surface area contributed by atoms with E-state index in [0.29, 0.717) is 0 Å². The molecule has 4 aromatic rings. The Balaban J connectivity index is 1.61. The van der Waals surface area contributed by atoms with Crippen LogP contribution in [0.4, 0.5) is 5.82 Å². The molecule has 1 aromatic carbocycles. The Morgan fingerprint density at radius 2 is 1.86 bits per heavy atom. The van der Waals surface area contributed by atoms with Crippen molar-refractivity contribution in [1.82, 2.24) is 15.0 Å². The molecule has 0 aliphatic heterocycles. The first-order valence-corrected chi connectivity index (χ1v) is 7.99. The molecule has 0 aliphatic rings. The SMILES string of the molecule is c1ccc(CCNc2ncnc3c2sc2ncccc23)cc1. The first kappa shape index (κ1) is 13.2. The van der Waals surface area contributed by atoms with Crippen molar-refractivity contribution in [2.75, 3.05) is 11.9 Å². The van der Waals surface area contributed by atoms with E-state index >= 15 is 0 Å². The number of hydrogen-bond acceptors (Lipinski definition) is 5. The summed E-state index contributed by atoms with van der Waals surface area (Å²) in [4.78, 5) is 14.2. The minimum Gasteiger partial charge on any atom is -0.368 e. The number of nitrogens with one attached hydrogen (secondary N) is 1. The molecule has 22 heavy (non-hydrogen) atoms. The van der Waals surface area contributed by atoms with Crippen LogP contribution in [0.2, 0.25) is 0 Å². The van der Waals surface area contributed by atoms with E-state index < -0.39 is 0 Å². The van der Waals surface area contributed by atoms with Crippen molar-refractivity contribution in [1.29, 1.82) is 0 Å². The van der Waals surface area contributed by atoms with Gasteiger partial charge in [-0.25, -0.2) is 15.0 Å². The van der Waals surface area contributed by atoms with Crippen LogP contribution in [-0.2, 0) is 6.42 Å². The fourth-order valence-electron chi connectivity index (χ4n) is 2.51. The molecule has 3 aromatic heterocycles. The number of pyridine rings is 1. The highest BCUT2D eigenvalue weighted by Gasteiger charge is 2.11. The van der Waals surface area contributed by atoms with Gasteiger partial charge in [0.15, 0.2) is 0 Å². The molecule has 3 heterocycles. The van der Waals surface area contributed by atoms with Crippen LogP contribution in [0, 0.1) is 0 Å². The van der Waals surface area contributed by atoms with Crippen molar-refractivity contribution in [3.05, 3.63) is 60.6 Å². The normalized spacial score (nSPS) is 11.1. The largest absolute Gasteiger partial charge is 0.368 e. The lowest BCUT2D eigenvalue weighted by atomic mass is 10.1. The van der Waals surface area contributed by atoms with Crippen LogP contribution in [0.5, 0.6) is 0 Å².